The first-order valence-electron chi connectivity index (χ1n) is 7.64. The van der Waals surface area contributed by atoms with E-state index < -0.39 is 29.2 Å². The normalized spacial score (nSPS) is 23.2. The van der Waals surface area contributed by atoms with Crippen molar-refractivity contribution in [2.24, 2.45) is 0 Å². The average Bonchev–Trinajstić information content (AvgIpc) is 2.90. The van der Waals surface area contributed by atoms with Gasteiger partial charge in [0.25, 0.3) is 10.9 Å². The Labute approximate surface area is 138 Å². The van der Waals surface area contributed by atoms with Crippen LogP contribution in [0.1, 0.15) is 6.42 Å². The molecule has 1 fully saturated rings. The monoisotopic (exact) mass is 339 g/mol. The fourth-order valence-electron chi connectivity index (χ4n) is 2.36. The zero-order chi connectivity index (χ0) is 17.7. The van der Waals surface area contributed by atoms with Gasteiger partial charge in [0.1, 0.15) is 29.7 Å². The first kappa shape index (κ1) is 18.1. The van der Waals surface area contributed by atoms with Crippen molar-refractivity contribution in [3.05, 3.63) is 33.1 Å². The van der Waals surface area contributed by atoms with Crippen molar-refractivity contribution in [2.45, 2.75) is 24.7 Å². The Bertz CT molecular complexity index is 666. The van der Waals surface area contributed by atoms with Gasteiger partial charge in [0, 0.05) is 19.6 Å². The molecular weight excluding hydrogens is 318 g/mol. The molecule has 1 saturated heterocycles. The molecule has 24 heavy (non-hydrogen) atoms. The lowest BCUT2D eigenvalue weighted by Gasteiger charge is -2.19. The van der Waals surface area contributed by atoms with Crippen LogP contribution in [0.25, 0.3) is 0 Å². The summed E-state index contributed by atoms with van der Waals surface area (Å²) in [5.74, 6) is -0.274. The molecule has 1 amide bonds. The first-order valence-corrected chi connectivity index (χ1v) is 7.64. The third kappa shape index (κ3) is 3.99. The van der Waals surface area contributed by atoms with Crippen LogP contribution in [0.3, 0.4) is 0 Å². The number of carbonyl (C=O) groups excluding carboxylic acids is 1. The van der Waals surface area contributed by atoms with E-state index in [9.17, 15) is 24.6 Å². The maximum absolute atomic E-state index is 11.6. The second-order valence-corrected chi connectivity index (χ2v) is 5.49. The highest BCUT2D eigenvalue weighted by Crippen LogP contribution is 2.18. The van der Waals surface area contributed by atoms with Crippen LogP contribution in [0, 0.1) is 0 Å². The standard InChI is InChI=1S/C15H21N3O6/c1-2-10(20)16-4-3-5-17-11-12(15(23)14(11)22)18-6-9-13(21)8(19)7-24-9/h2,8-9,13,17-19,21H,1,3-7H2,(H,16,20)/t8?,9-,13?/m1/s1. The first-order chi connectivity index (χ1) is 11.5. The molecule has 0 aromatic heterocycles. The van der Waals surface area contributed by atoms with Crippen molar-refractivity contribution >= 4 is 17.3 Å². The van der Waals surface area contributed by atoms with Gasteiger partial charge in [-0.05, 0) is 12.5 Å². The maximum Gasteiger partial charge on any atom is 0.253 e. The summed E-state index contributed by atoms with van der Waals surface area (Å²) >= 11 is 0. The number of hydrogen-bond acceptors (Lipinski definition) is 8. The summed E-state index contributed by atoms with van der Waals surface area (Å²) in [6.45, 7) is 4.28. The fourth-order valence-corrected chi connectivity index (χ4v) is 2.36. The summed E-state index contributed by atoms with van der Waals surface area (Å²) in [7, 11) is 0. The maximum atomic E-state index is 11.6. The summed E-state index contributed by atoms with van der Waals surface area (Å²) in [5, 5.41) is 27.3. The summed E-state index contributed by atoms with van der Waals surface area (Å²) in [6.07, 6.45) is -0.898. The van der Waals surface area contributed by atoms with Crippen LogP contribution >= 0.6 is 0 Å². The Balaban J connectivity index is 1.79. The van der Waals surface area contributed by atoms with Crippen LogP contribution in [-0.4, -0.2) is 60.7 Å². The minimum atomic E-state index is -1.03. The van der Waals surface area contributed by atoms with E-state index in [1.165, 1.54) is 6.08 Å². The van der Waals surface area contributed by atoms with E-state index in [1.807, 2.05) is 0 Å². The van der Waals surface area contributed by atoms with E-state index in [2.05, 4.69) is 22.5 Å². The van der Waals surface area contributed by atoms with Crippen molar-refractivity contribution in [3.63, 3.8) is 0 Å². The highest BCUT2D eigenvalue weighted by atomic mass is 16.5. The molecule has 2 rings (SSSR count). The second-order valence-electron chi connectivity index (χ2n) is 5.49. The van der Waals surface area contributed by atoms with E-state index in [0.717, 1.165) is 0 Å². The van der Waals surface area contributed by atoms with Gasteiger partial charge in [0.15, 0.2) is 0 Å². The third-order valence-electron chi connectivity index (χ3n) is 3.79. The summed E-state index contributed by atoms with van der Waals surface area (Å²) in [5.41, 5.74) is -0.915. The van der Waals surface area contributed by atoms with Crippen LogP contribution in [0.4, 0.5) is 11.4 Å². The Morgan fingerprint density at radius 2 is 1.88 bits per heavy atom. The van der Waals surface area contributed by atoms with Gasteiger partial charge in [-0.25, -0.2) is 0 Å². The quantitative estimate of drug-likeness (QED) is 0.196. The number of aliphatic hydroxyl groups excluding tert-OH is 2. The summed E-state index contributed by atoms with van der Waals surface area (Å²) in [4.78, 5) is 34.2. The lowest BCUT2D eigenvalue weighted by atomic mass is 10.1. The van der Waals surface area contributed by atoms with Crippen molar-refractivity contribution in [2.75, 3.05) is 36.9 Å². The molecule has 0 radical (unpaired) electrons. The SMILES string of the molecule is C=CC(=O)NCCCNc1c(NC[C@H]2OCC(O)C2O)c(=O)c1=O. The van der Waals surface area contributed by atoms with Gasteiger partial charge in [-0.1, -0.05) is 6.58 Å². The molecule has 1 aliphatic heterocycles. The van der Waals surface area contributed by atoms with Crippen molar-refractivity contribution in [3.8, 4) is 0 Å². The number of anilines is 2. The molecule has 1 aromatic carbocycles. The molecule has 0 saturated carbocycles. The van der Waals surface area contributed by atoms with E-state index in [1.54, 1.807) is 0 Å². The number of nitrogens with one attached hydrogen (secondary N) is 3. The van der Waals surface area contributed by atoms with Gasteiger partial charge in [-0.15, -0.1) is 0 Å². The summed E-state index contributed by atoms with van der Waals surface area (Å²) in [6, 6.07) is 0. The topological polar surface area (TPSA) is 137 Å². The zero-order valence-corrected chi connectivity index (χ0v) is 13.1. The van der Waals surface area contributed by atoms with Crippen LogP contribution in [-0.2, 0) is 9.53 Å². The highest BCUT2D eigenvalue weighted by Gasteiger charge is 2.35. The number of hydrogen-bond donors (Lipinski definition) is 5. The molecule has 1 aliphatic rings. The molecule has 3 atom stereocenters. The van der Waals surface area contributed by atoms with E-state index in [0.29, 0.717) is 19.5 Å². The van der Waals surface area contributed by atoms with Crippen LogP contribution in [0.15, 0.2) is 22.2 Å². The predicted octanol–water partition coefficient (Wildman–Crippen LogP) is -2.08. The Hall–Kier alpha value is -2.23. The van der Waals surface area contributed by atoms with Gasteiger partial charge >= 0.3 is 0 Å². The third-order valence-corrected chi connectivity index (χ3v) is 3.79. The van der Waals surface area contributed by atoms with E-state index >= 15 is 0 Å². The number of aliphatic hydroxyl groups is 2. The number of carbonyl (C=O) groups is 1. The number of rotatable bonds is 9. The molecule has 9 heteroatoms. The molecule has 2 unspecified atom stereocenters. The molecule has 1 aromatic rings. The number of ether oxygens (including phenoxy) is 1. The number of amides is 1. The average molecular weight is 339 g/mol. The van der Waals surface area contributed by atoms with Gasteiger partial charge in [0.2, 0.25) is 5.91 Å². The molecular formula is C15H21N3O6. The smallest absolute Gasteiger partial charge is 0.253 e. The van der Waals surface area contributed by atoms with E-state index in [-0.39, 0.29) is 30.4 Å². The van der Waals surface area contributed by atoms with E-state index in [4.69, 9.17) is 4.74 Å². The van der Waals surface area contributed by atoms with Crippen LogP contribution in [0.5, 0.6) is 0 Å². The molecule has 132 valence electrons. The van der Waals surface area contributed by atoms with Gasteiger partial charge in [-0.3, -0.25) is 14.4 Å². The zero-order valence-electron chi connectivity index (χ0n) is 13.1. The Kier molecular flexibility index (Phi) is 6.07. The minimum absolute atomic E-state index is 0.0287. The van der Waals surface area contributed by atoms with Crippen molar-refractivity contribution < 1.29 is 19.7 Å². The Morgan fingerprint density at radius 1 is 1.21 bits per heavy atom. The molecule has 9 nitrogen and oxygen atoms in total. The predicted molar refractivity (Wildman–Crippen MR) is 87.9 cm³/mol. The molecule has 0 spiro atoms. The van der Waals surface area contributed by atoms with Gasteiger partial charge < -0.3 is 30.9 Å². The molecule has 0 bridgehead atoms. The Morgan fingerprint density at radius 3 is 2.46 bits per heavy atom. The highest BCUT2D eigenvalue weighted by molar-refractivity contribution is 5.86. The lowest BCUT2D eigenvalue weighted by molar-refractivity contribution is -0.116. The van der Waals surface area contributed by atoms with Crippen LogP contribution in [0.2, 0.25) is 0 Å². The molecule has 1 heterocycles. The largest absolute Gasteiger partial charge is 0.388 e. The fraction of sp³-hybridized carbons (Fsp3) is 0.533. The molecule has 0 aliphatic carbocycles. The molecule has 5 N–H and O–H groups in total. The minimum Gasteiger partial charge on any atom is -0.388 e. The van der Waals surface area contributed by atoms with Crippen molar-refractivity contribution in [1.82, 2.24) is 5.32 Å². The van der Waals surface area contributed by atoms with Crippen LogP contribution < -0.4 is 26.8 Å². The van der Waals surface area contributed by atoms with Gasteiger partial charge in [0.05, 0.1) is 6.61 Å². The van der Waals surface area contributed by atoms with Crippen molar-refractivity contribution in [1.29, 1.82) is 0 Å². The summed E-state index contributed by atoms with van der Waals surface area (Å²) < 4.78 is 5.19. The lowest BCUT2D eigenvalue weighted by Crippen LogP contribution is -2.41. The van der Waals surface area contributed by atoms with Gasteiger partial charge in [-0.2, -0.15) is 0 Å². The second kappa shape index (κ2) is 8.04.